The summed E-state index contributed by atoms with van der Waals surface area (Å²) in [6.45, 7) is 5.51. The van der Waals surface area contributed by atoms with Crippen molar-refractivity contribution in [1.29, 1.82) is 0 Å². The van der Waals surface area contributed by atoms with Crippen LogP contribution in [0.25, 0.3) is 0 Å². The number of nitrogens with zero attached hydrogens (tertiary/aromatic N) is 1. The van der Waals surface area contributed by atoms with Crippen LogP contribution < -0.4 is 11.1 Å². The van der Waals surface area contributed by atoms with Gasteiger partial charge >= 0.3 is 0 Å². The Morgan fingerprint density at radius 1 is 1.61 bits per heavy atom. The number of hydrogen-bond acceptors (Lipinski definition) is 3. The van der Waals surface area contributed by atoms with Gasteiger partial charge in [0.2, 0.25) is 0 Å². The Hall–Kier alpha value is -1.49. The molecule has 0 aliphatic rings. The van der Waals surface area contributed by atoms with Gasteiger partial charge in [-0.2, -0.15) is 0 Å². The number of aryl methyl sites for hydroxylation is 1. The number of aliphatic hydroxyl groups is 1. The molecule has 5 heteroatoms. The molecule has 0 aliphatic heterocycles. The number of carbonyl (C=O) groups is 1. The molecule has 18 heavy (non-hydrogen) atoms. The second-order valence-corrected chi connectivity index (χ2v) is 4.63. The summed E-state index contributed by atoms with van der Waals surface area (Å²) in [6.07, 6.45) is 3.55. The minimum atomic E-state index is -0.0924. The van der Waals surface area contributed by atoms with Gasteiger partial charge in [-0.15, -0.1) is 0 Å². The Morgan fingerprint density at radius 3 is 2.94 bits per heavy atom. The van der Waals surface area contributed by atoms with Gasteiger partial charge in [-0.3, -0.25) is 4.79 Å². The molecule has 0 saturated heterocycles. The zero-order valence-electron chi connectivity index (χ0n) is 11.1. The molecule has 0 aromatic carbocycles. The highest BCUT2D eigenvalue weighted by atomic mass is 16.3. The Bertz CT molecular complexity index is 388. The number of anilines is 1. The van der Waals surface area contributed by atoms with E-state index in [4.69, 9.17) is 10.8 Å². The van der Waals surface area contributed by atoms with Gasteiger partial charge in [0.05, 0.1) is 5.69 Å². The molecule has 1 atom stereocenters. The Kier molecular flexibility index (Phi) is 5.71. The molecule has 4 N–H and O–H groups in total. The second kappa shape index (κ2) is 7.06. The normalized spacial score (nSPS) is 12.4. The quantitative estimate of drug-likeness (QED) is 0.639. The summed E-state index contributed by atoms with van der Waals surface area (Å²) in [5.41, 5.74) is 6.89. The summed E-state index contributed by atoms with van der Waals surface area (Å²) in [7, 11) is 0. The number of aliphatic hydroxyl groups excluding tert-OH is 1. The highest BCUT2D eigenvalue weighted by Gasteiger charge is 2.11. The smallest absolute Gasteiger partial charge is 0.267 e. The maximum Gasteiger partial charge on any atom is 0.267 e. The number of nitrogens with one attached hydrogen (secondary N) is 1. The summed E-state index contributed by atoms with van der Waals surface area (Å²) >= 11 is 0. The molecular weight excluding hydrogens is 230 g/mol. The van der Waals surface area contributed by atoms with E-state index in [9.17, 15) is 4.79 Å². The Balaban J connectivity index is 2.40. The fraction of sp³-hybridized carbons (Fsp3) is 0.615. The van der Waals surface area contributed by atoms with E-state index in [1.807, 2.05) is 18.4 Å². The topological polar surface area (TPSA) is 80.3 Å². The van der Waals surface area contributed by atoms with Crippen LogP contribution in [0.3, 0.4) is 0 Å². The molecule has 1 rings (SSSR count). The van der Waals surface area contributed by atoms with Gasteiger partial charge in [-0.1, -0.05) is 6.92 Å². The molecule has 1 aromatic heterocycles. The molecule has 1 aromatic rings. The minimum absolute atomic E-state index is 0.0924. The van der Waals surface area contributed by atoms with Gasteiger partial charge in [-0.25, -0.2) is 0 Å². The van der Waals surface area contributed by atoms with Crippen LogP contribution >= 0.6 is 0 Å². The van der Waals surface area contributed by atoms with Gasteiger partial charge in [0.15, 0.2) is 0 Å². The summed E-state index contributed by atoms with van der Waals surface area (Å²) in [5, 5.41) is 11.8. The zero-order valence-corrected chi connectivity index (χ0v) is 11.1. The molecule has 0 aliphatic carbocycles. The molecule has 1 amide bonds. The number of nitrogens with two attached hydrogens (primary N) is 1. The van der Waals surface area contributed by atoms with Crippen LogP contribution in [0.1, 0.15) is 37.2 Å². The first-order valence-corrected chi connectivity index (χ1v) is 6.43. The lowest BCUT2D eigenvalue weighted by Crippen LogP contribution is -2.27. The number of rotatable bonds is 7. The lowest BCUT2D eigenvalue weighted by atomic mass is 10.1. The third-order valence-electron chi connectivity index (χ3n) is 2.96. The average Bonchev–Trinajstić information content (AvgIpc) is 2.75. The van der Waals surface area contributed by atoms with Crippen LogP contribution in [0, 0.1) is 5.92 Å². The first-order valence-electron chi connectivity index (χ1n) is 6.43. The average molecular weight is 253 g/mol. The van der Waals surface area contributed by atoms with E-state index < -0.39 is 0 Å². The van der Waals surface area contributed by atoms with Gasteiger partial charge in [0.25, 0.3) is 5.91 Å². The third-order valence-corrected chi connectivity index (χ3v) is 2.96. The van der Waals surface area contributed by atoms with Crippen molar-refractivity contribution < 1.29 is 9.90 Å². The van der Waals surface area contributed by atoms with Crippen molar-refractivity contribution in [2.24, 2.45) is 5.92 Å². The van der Waals surface area contributed by atoms with Gasteiger partial charge < -0.3 is 20.7 Å². The zero-order chi connectivity index (χ0) is 13.5. The lowest BCUT2D eigenvalue weighted by Gasteiger charge is -2.09. The molecule has 1 unspecified atom stereocenters. The summed E-state index contributed by atoms with van der Waals surface area (Å²) in [6, 6.07) is 1.69. The van der Waals surface area contributed by atoms with Crippen LogP contribution in [-0.4, -0.2) is 28.7 Å². The highest BCUT2D eigenvalue weighted by Crippen LogP contribution is 2.10. The second-order valence-electron chi connectivity index (χ2n) is 4.63. The third kappa shape index (κ3) is 4.07. The summed E-state index contributed by atoms with van der Waals surface area (Å²) < 4.78 is 1.83. The standard InChI is InChI=1S/C13H23N3O2/c1-3-16-8-11(14)7-12(16)13(18)15-6-4-5-10(2)9-17/h7-8,10,17H,3-6,9,14H2,1-2H3,(H,15,18). The van der Waals surface area contributed by atoms with E-state index in [1.165, 1.54) is 0 Å². The maximum absolute atomic E-state index is 11.9. The van der Waals surface area contributed by atoms with Crippen LogP contribution in [-0.2, 0) is 6.54 Å². The molecule has 0 radical (unpaired) electrons. The first-order chi connectivity index (χ1) is 8.58. The number of carbonyl (C=O) groups excluding carboxylic acids is 1. The van der Waals surface area contributed by atoms with Crippen molar-refractivity contribution in [1.82, 2.24) is 9.88 Å². The van der Waals surface area contributed by atoms with E-state index in [2.05, 4.69) is 5.32 Å². The summed E-state index contributed by atoms with van der Waals surface area (Å²) in [4.78, 5) is 11.9. The number of hydrogen-bond donors (Lipinski definition) is 3. The van der Waals surface area contributed by atoms with E-state index in [-0.39, 0.29) is 18.4 Å². The van der Waals surface area contributed by atoms with Crippen molar-refractivity contribution in [3.8, 4) is 0 Å². The fourth-order valence-corrected chi connectivity index (χ4v) is 1.82. The van der Waals surface area contributed by atoms with Crippen molar-refractivity contribution in [2.75, 3.05) is 18.9 Å². The van der Waals surface area contributed by atoms with Crippen molar-refractivity contribution in [3.05, 3.63) is 18.0 Å². The molecule has 102 valence electrons. The van der Waals surface area contributed by atoms with Crippen LogP contribution in [0.15, 0.2) is 12.3 Å². The maximum atomic E-state index is 11.9. The SMILES string of the molecule is CCn1cc(N)cc1C(=O)NCCCC(C)CO. The number of aromatic nitrogens is 1. The Morgan fingerprint density at radius 2 is 2.33 bits per heavy atom. The van der Waals surface area contributed by atoms with E-state index >= 15 is 0 Å². The lowest BCUT2D eigenvalue weighted by molar-refractivity contribution is 0.0943. The monoisotopic (exact) mass is 253 g/mol. The largest absolute Gasteiger partial charge is 0.397 e. The van der Waals surface area contributed by atoms with Crippen molar-refractivity contribution in [3.63, 3.8) is 0 Å². The molecule has 0 bridgehead atoms. The fourth-order valence-electron chi connectivity index (χ4n) is 1.82. The van der Waals surface area contributed by atoms with E-state index in [0.717, 1.165) is 19.4 Å². The molecule has 0 saturated carbocycles. The van der Waals surface area contributed by atoms with E-state index in [1.54, 1.807) is 12.3 Å². The van der Waals surface area contributed by atoms with Crippen LogP contribution in [0.2, 0.25) is 0 Å². The molecule has 1 heterocycles. The number of nitrogen functional groups attached to an aromatic ring is 1. The van der Waals surface area contributed by atoms with Crippen LogP contribution in [0.4, 0.5) is 5.69 Å². The summed E-state index contributed by atoms with van der Waals surface area (Å²) in [5.74, 6) is 0.197. The number of amides is 1. The predicted molar refractivity (Wildman–Crippen MR) is 72.3 cm³/mol. The predicted octanol–water partition coefficient (Wildman–Crippen LogP) is 1.23. The highest BCUT2D eigenvalue weighted by molar-refractivity contribution is 5.93. The first kappa shape index (κ1) is 14.6. The molecular formula is C13H23N3O2. The van der Waals surface area contributed by atoms with E-state index in [0.29, 0.717) is 17.9 Å². The molecule has 0 fully saturated rings. The van der Waals surface area contributed by atoms with Crippen molar-refractivity contribution >= 4 is 11.6 Å². The Labute approximate surface area is 108 Å². The molecule has 5 nitrogen and oxygen atoms in total. The van der Waals surface area contributed by atoms with Crippen molar-refractivity contribution in [2.45, 2.75) is 33.2 Å². The van der Waals surface area contributed by atoms with Gasteiger partial charge in [0.1, 0.15) is 5.69 Å². The van der Waals surface area contributed by atoms with Crippen LogP contribution in [0.5, 0.6) is 0 Å². The minimum Gasteiger partial charge on any atom is -0.397 e. The van der Waals surface area contributed by atoms with Gasteiger partial charge in [-0.05, 0) is 31.7 Å². The molecule has 0 spiro atoms. The van der Waals surface area contributed by atoms with Gasteiger partial charge in [0, 0.05) is 25.9 Å².